The van der Waals surface area contributed by atoms with Crippen LogP contribution in [-0.4, -0.2) is 57.9 Å². The van der Waals surface area contributed by atoms with Gasteiger partial charge in [0, 0.05) is 26.2 Å². The highest BCUT2D eigenvalue weighted by atomic mass is 16.5. The molecule has 1 unspecified atom stereocenters. The molecule has 2 amide bonds. The Bertz CT molecular complexity index is 855. The van der Waals surface area contributed by atoms with E-state index in [1.54, 1.807) is 18.0 Å². The van der Waals surface area contributed by atoms with Gasteiger partial charge in [0.15, 0.2) is 11.8 Å². The number of rotatable bonds is 6. The second-order valence-electron chi connectivity index (χ2n) is 8.12. The molecule has 30 heavy (non-hydrogen) atoms. The number of benzene rings is 1. The molecule has 1 aliphatic heterocycles. The van der Waals surface area contributed by atoms with Crippen LogP contribution < -0.4 is 5.32 Å². The summed E-state index contributed by atoms with van der Waals surface area (Å²) in [6.45, 7) is 1.25. The molecular formula is C22H29N5O3. The van der Waals surface area contributed by atoms with E-state index in [1.165, 1.54) is 12.8 Å². The number of carbonyl (C=O) groups excluding carboxylic acids is 2. The summed E-state index contributed by atoms with van der Waals surface area (Å²) in [5, 5.41) is 11.3. The van der Waals surface area contributed by atoms with E-state index in [-0.39, 0.29) is 23.9 Å². The topological polar surface area (TPSA) is 89.4 Å². The third-order valence-corrected chi connectivity index (χ3v) is 6.15. The van der Waals surface area contributed by atoms with E-state index < -0.39 is 6.10 Å². The molecule has 8 nitrogen and oxygen atoms in total. The van der Waals surface area contributed by atoms with Crippen molar-refractivity contribution in [1.29, 1.82) is 0 Å². The third kappa shape index (κ3) is 4.53. The lowest BCUT2D eigenvalue weighted by atomic mass is 10.0. The molecular weight excluding hydrogens is 382 g/mol. The summed E-state index contributed by atoms with van der Waals surface area (Å²) in [5.41, 5.74) is 1.23. The number of amides is 2. The fourth-order valence-electron chi connectivity index (χ4n) is 4.41. The van der Waals surface area contributed by atoms with Crippen molar-refractivity contribution in [3.8, 4) is 0 Å². The molecule has 1 aromatic carbocycles. The van der Waals surface area contributed by atoms with Gasteiger partial charge in [-0.05, 0) is 31.2 Å². The monoisotopic (exact) mass is 411 g/mol. The van der Waals surface area contributed by atoms with Crippen LogP contribution in [0.4, 0.5) is 0 Å². The minimum Gasteiger partial charge on any atom is -0.367 e. The van der Waals surface area contributed by atoms with E-state index in [2.05, 4.69) is 15.6 Å². The van der Waals surface area contributed by atoms with Gasteiger partial charge in [-0.1, -0.05) is 48.4 Å². The van der Waals surface area contributed by atoms with Crippen molar-refractivity contribution in [2.45, 2.75) is 56.7 Å². The van der Waals surface area contributed by atoms with Crippen LogP contribution in [-0.2, 0) is 9.53 Å². The summed E-state index contributed by atoms with van der Waals surface area (Å²) in [6.07, 6.45) is 7.10. The molecule has 1 aromatic heterocycles. The molecule has 2 heterocycles. The number of ether oxygens (including phenoxy) is 1. The van der Waals surface area contributed by atoms with E-state index in [0.29, 0.717) is 18.8 Å². The number of piperidine rings is 1. The highest BCUT2D eigenvalue weighted by molar-refractivity contribution is 5.92. The summed E-state index contributed by atoms with van der Waals surface area (Å²) >= 11 is 0. The Kier molecular flexibility index (Phi) is 6.42. The lowest BCUT2D eigenvalue weighted by Gasteiger charge is -2.33. The minimum absolute atomic E-state index is 0.0163. The number of hydrogen-bond donors (Lipinski definition) is 1. The highest BCUT2D eigenvalue weighted by Gasteiger charge is 2.30. The van der Waals surface area contributed by atoms with Gasteiger partial charge in [-0.3, -0.25) is 9.59 Å². The van der Waals surface area contributed by atoms with Crippen LogP contribution in [0.25, 0.3) is 0 Å². The predicted octanol–water partition coefficient (Wildman–Crippen LogP) is 2.50. The quantitative estimate of drug-likeness (QED) is 0.789. The first-order valence-electron chi connectivity index (χ1n) is 10.7. The second-order valence-corrected chi connectivity index (χ2v) is 8.12. The third-order valence-electron chi connectivity index (χ3n) is 6.15. The van der Waals surface area contributed by atoms with Crippen LogP contribution in [0.1, 0.15) is 66.7 Å². The van der Waals surface area contributed by atoms with Crippen LogP contribution in [0, 0.1) is 0 Å². The lowest BCUT2D eigenvalue weighted by molar-refractivity contribution is -0.143. The van der Waals surface area contributed by atoms with Crippen molar-refractivity contribution in [1.82, 2.24) is 25.2 Å². The SMILES string of the molecule is COC(C(=O)N1CCC(n2cc(C(=O)NC3CCCC3)nn2)CC1)c1ccccc1. The smallest absolute Gasteiger partial charge is 0.273 e. The number of methoxy groups -OCH3 is 1. The average molecular weight is 412 g/mol. The minimum atomic E-state index is -0.583. The maximum Gasteiger partial charge on any atom is 0.273 e. The average Bonchev–Trinajstić information content (AvgIpc) is 3.47. The van der Waals surface area contributed by atoms with Gasteiger partial charge in [-0.15, -0.1) is 5.10 Å². The zero-order valence-electron chi connectivity index (χ0n) is 17.4. The van der Waals surface area contributed by atoms with Crippen LogP contribution >= 0.6 is 0 Å². The molecule has 1 N–H and O–H groups in total. The molecule has 0 radical (unpaired) electrons. The molecule has 0 spiro atoms. The standard InChI is InChI=1S/C22H29N5O3/c1-30-20(16-7-3-2-4-8-16)22(29)26-13-11-18(12-14-26)27-15-19(24-25-27)21(28)23-17-9-5-6-10-17/h2-4,7-8,15,17-18,20H,5-6,9-14H2,1H3,(H,23,28). The first-order valence-corrected chi connectivity index (χ1v) is 10.7. The number of carbonyl (C=O) groups is 2. The first-order chi connectivity index (χ1) is 14.7. The molecule has 160 valence electrons. The van der Waals surface area contributed by atoms with Crippen LogP contribution in [0.2, 0.25) is 0 Å². The zero-order chi connectivity index (χ0) is 20.9. The van der Waals surface area contributed by atoms with Crippen molar-refractivity contribution in [2.24, 2.45) is 0 Å². The number of nitrogens with one attached hydrogen (secondary N) is 1. The molecule has 8 heteroatoms. The van der Waals surface area contributed by atoms with Crippen LogP contribution in [0.5, 0.6) is 0 Å². The Hall–Kier alpha value is -2.74. The normalized spacial score (nSPS) is 19.0. The van der Waals surface area contributed by atoms with Crippen molar-refractivity contribution in [3.05, 3.63) is 47.8 Å². The summed E-state index contributed by atoms with van der Waals surface area (Å²) in [7, 11) is 1.57. The van der Waals surface area contributed by atoms with E-state index >= 15 is 0 Å². The molecule has 2 aromatic rings. The number of aromatic nitrogens is 3. The van der Waals surface area contributed by atoms with Gasteiger partial charge >= 0.3 is 0 Å². The lowest BCUT2D eigenvalue weighted by Crippen LogP contribution is -2.42. The Morgan fingerprint density at radius 2 is 1.80 bits per heavy atom. The largest absolute Gasteiger partial charge is 0.367 e. The molecule has 0 bridgehead atoms. The molecule has 1 saturated carbocycles. The Morgan fingerprint density at radius 1 is 1.10 bits per heavy atom. The summed E-state index contributed by atoms with van der Waals surface area (Å²) in [4.78, 5) is 27.2. The van der Waals surface area contributed by atoms with Crippen molar-refractivity contribution in [3.63, 3.8) is 0 Å². The Morgan fingerprint density at radius 3 is 2.47 bits per heavy atom. The van der Waals surface area contributed by atoms with Gasteiger partial charge in [0.05, 0.1) is 12.2 Å². The van der Waals surface area contributed by atoms with E-state index in [0.717, 1.165) is 31.2 Å². The van der Waals surface area contributed by atoms with Gasteiger partial charge in [-0.25, -0.2) is 4.68 Å². The predicted molar refractivity (Wildman–Crippen MR) is 111 cm³/mol. The van der Waals surface area contributed by atoms with Gasteiger partial charge in [0.25, 0.3) is 11.8 Å². The fourth-order valence-corrected chi connectivity index (χ4v) is 4.41. The van der Waals surface area contributed by atoms with Crippen molar-refractivity contribution >= 4 is 11.8 Å². The second kappa shape index (κ2) is 9.38. The Balaban J connectivity index is 1.32. The van der Waals surface area contributed by atoms with Crippen molar-refractivity contribution in [2.75, 3.05) is 20.2 Å². The summed E-state index contributed by atoms with van der Waals surface area (Å²) < 4.78 is 7.26. The number of nitrogens with zero attached hydrogens (tertiary/aromatic N) is 4. The molecule has 1 saturated heterocycles. The Labute approximate surface area is 176 Å². The van der Waals surface area contributed by atoms with Crippen LogP contribution in [0.15, 0.2) is 36.5 Å². The van der Waals surface area contributed by atoms with Crippen LogP contribution in [0.3, 0.4) is 0 Å². The number of hydrogen-bond acceptors (Lipinski definition) is 5. The van der Waals surface area contributed by atoms with Crippen molar-refractivity contribution < 1.29 is 14.3 Å². The van der Waals surface area contributed by atoms with Gasteiger partial charge in [-0.2, -0.15) is 0 Å². The van der Waals surface area contributed by atoms with E-state index in [9.17, 15) is 9.59 Å². The number of likely N-dealkylation sites (tertiary alicyclic amines) is 1. The molecule has 2 fully saturated rings. The first kappa shape index (κ1) is 20.5. The van der Waals surface area contributed by atoms with E-state index in [4.69, 9.17) is 4.74 Å². The maximum absolute atomic E-state index is 12.9. The van der Waals surface area contributed by atoms with Gasteiger partial charge in [0.2, 0.25) is 0 Å². The zero-order valence-corrected chi connectivity index (χ0v) is 17.4. The highest BCUT2D eigenvalue weighted by Crippen LogP contribution is 2.26. The fraction of sp³-hybridized carbons (Fsp3) is 0.545. The maximum atomic E-state index is 12.9. The molecule has 2 aliphatic rings. The van der Waals surface area contributed by atoms with Gasteiger partial charge in [0.1, 0.15) is 0 Å². The molecule has 1 aliphatic carbocycles. The summed E-state index contributed by atoms with van der Waals surface area (Å²) in [6, 6.07) is 9.95. The molecule has 1 atom stereocenters. The summed E-state index contributed by atoms with van der Waals surface area (Å²) in [5.74, 6) is -0.163. The van der Waals surface area contributed by atoms with Gasteiger partial charge < -0.3 is 15.0 Å². The molecule has 4 rings (SSSR count). The van der Waals surface area contributed by atoms with E-state index in [1.807, 2.05) is 35.2 Å².